The van der Waals surface area contributed by atoms with Gasteiger partial charge >= 0.3 is 0 Å². The molecule has 0 unspecified atom stereocenters. The number of halogens is 2. The maximum absolute atomic E-state index is 13.2. The Kier molecular flexibility index (Phi) is 5.60. The maximum atomic E-state index is 13.2. The topological polar surface area (TPSA) is 47.4 Å². The second-order valence-electron chi connectivity index (χ2n) is 5.82. The molecule has 1 aliphatic heterocycles. The van der Waals surface area contributed by atoms with Gasteiger partial charge < -0.3 is 10.3 Å². The average molecular weight is 321 g/mol. The highest BCUT2D eigenvalue weighted by Crippen LogP contribution is 2.11. The first kappa shape index (κ1) is 17.3. The summed E-state index contributed by atoms with van der Waals surface area (Å²) >= 11 is 0. The number of hydrogen-bond donors (Lipinski definition) is 1. The molecule has 0 radical (unpaired) electrons. The largest absolute Gasteiger partial charge is 0.340 e. The van der Waals surface area contributed by atoms with E-state index < -0.39 is 11.6 Å². The molecule has 1 aliphatic rings. The SMILES string of the molecule is CC(=O)N1CCN(C/C(C)=C/C(=N)c2ccc(F)c(F)c2)CC1. The predicted octanol–water partition coefficient (Wildman–Crippen LogP) is 2.44. The van der Waals surface area contributed by atoms with Crippen molar-refractivity contribution in [3.8, 4) is 0 Å². The van der Waals surface area contributed by atoms with Crippen LogP contribution in [0.2, 0.25) is 0 Å². The van der Waals surface area contributed by atoms with E-state index in [0.29, 0.717) is 25.2 Å². The fourth-order valence-corrected chi connectivity index (χ4v) is 2.61. The van der Waals surface area contributed by atoms with Crippen molar-refractivity contribution in [1.29, 1.82) is 5.41 Å². The summed E-state index contributed by atoms with van der Waals surface area (Å²) in [6.45, 7) is 7.19. The minimum absolute atomic E-state index is 0.0945. The van der Waals surface area contributed by atoms with Gasteiger partial charge in [0.25, 0.3) is 0 Å². The number of benzene rings is 1. The molecular formula is C17H21F2N3O. The van der Waals surface area contributed by atoms with Crippen LogP contribution in [0.5, 0.6) is 0 Å². The Bertz CT molecular complexity index is 635. The monoisotopic (exact) mass is 321 g/mol. The van der Waals surface area contributed by atoms with E-state index >= 15 is 0 Å². The first-order valence-electron chi connectivity index (χ1n) is 7.56. The van der Waals surface area contributed by atoms with Gasteiger partial charge in [-0.1, -0.05) is 5.57 Å². The lowest BCUT2D eigenvalue weighted by Gasteiger charge is -2.34. The Morgan fingerprint density at radius 1 is 1.17 bits per heavy atom. The standard InChI is InChI=1S/C17H21F2N3O/c1-12(11-21-5-7-22(8-6-21)13(2)23)9-17(20)14-3-4-15(18)16(19)10-14/h3-4,9-10,20H,5-8,11H2,1-2H3/b12-9+,20-17?. The zero-order chi connectivity index (χ0) is 17.0. The summed E-state index contributed by atoms with van der Waals surface area (Å²) in [4.78, 5) is 15.3. The van der Waals surface area contributed by atoms with E-state index in [4.69, 9.17) is 5.41 Å². The summed E-state index contributed by atoms with van der Waals surface area (Å²) in [7, 11) is 0. The highest BCUT2D eigenvalue weighted by molar-refractivity contribution is 6.06. The zero-order valence-electron chi connectivity index (χ0n) is 13.4. The third kappa shape index (κ3) is 4.69. The van der Waals surface area contributed by atoms with E-state index in [1.165, 1.54) is 6.07 Å². The van der Waals surface area contributed by atoms with Crippen LogP contribution >= 0.6 is 0 Å². The molecule has 1 heterocycles. The van der Waals surface area contributed by atoms with E-state index in [0.717, 1.165) is 30.8 Å². The molecule has 1 saturated heterocycles. The van der Waals surface area contributed by atoms with Gasteiger partial charge in [0, 0.05) is 45.2 Å². The van der Waals surface area contributed by atoms with Crippen LogP contribution in [0.1, 0.15) is 19.4 Å². The molecule has 0 saturated carbocycles. The number of carbonyl (C=O) groups is 1. The molecule has 1 fully saturated rings. The minimum Gasteiger partial charge on any atom is -0.340 e. The van der Waals surface area contributed by atoms with Gasteiger partial charge in [0.15, 0.2) is 11.6 Å². The minimum atomic E-state index is -0.946. The molecule has 2 rings (SSSR count). The fourth-order valence-electron chi connectivity index (χ4n) is 2.61. The van der Waals surface area contributed by atoms with Crippen LogP contribution < -0.4 is 0 Å². The second kappa shape index (κ2) is 7.46. The Morgan fingerprint density at radius 3 is 2.39 bits per heavy atom. The molecule has 4 nitrogen and oxygen atoms in total. The van der Waals surface area contributed by atoms with Gasteiger partial charge in [0.05, 0.1) is 5.71 Å². The number of piperazine rings is 1. The van der Waals surface area contributed by atoms with Crippen molar-refractivity contribution in [3.05, 3.63) is 47.0 Å². The van der Waals surface area contributed by atoms with E-state index in [9.17, 15) is 13.6 Å². The predicted molar refractivity (Wildman–Crippen MR) is 85.6 cm³/mol. The molecule has 0 spiro atoms. The van der Waals surface area contributed by atoms with E-state index in [2.05, 4.69) is 4.90 Å². The molecule has 1 N–H and O–H groups in total. The Morgan fingerprint density at radius 2 is 1.83 bits per heavy atom. The summed E-state index contributed by atoms with van der Waals surface area (Å²) < 4.78 is 26.1. The first-order chi connectivity index (χ1) is 10.9. The van der Waals surface area contributed by atoms with Crippen LogP contribution in [0, 0.1) is 17.0 Å². The molecule has 1 amide bonds. The summed E-state index contributed by atoms with van der Waals surface area (Å²) in [6.07, 6.45) is 1.67. The van der Waals surface area contributed by atoms with Crippen LogP contribution in [-0.4, -0.2) is 54.1 Å². The van der Waals surface area contributed by atoms with Crippen molar-refractivity contribution >= 4 is 11.6 Å². The lowest BCUT2D eigenvalue weighted by molar-refractivity contribution is -0.130. The molecule has 1 aromatic rings. The summed E-state index contributed by atoms with van der Waals surface area (Å²) in [5.74, 6) is -1.76. The van der Waals surface area contributed by atoms with Crippen molar-refractivity contribution in [2.75, 3.05) is 32.7 Å². The van der Waals surface area contributed by atoms with Crippen LogP contribution in [0.15, 0.2) is 29.8 Å². The normalized spacial score (nSPS) is 16.5. The van der Waals surface area contributed by atoms with Gasteiger partial charge in [-0.15, -0.1) is 0 Å². The Balaban J connectivity index is 1.93. The smallest absolute Gasteiger partial charge is 0.219 e. The number of rotatable bonds is 4. The Labute approximate surface area is 134 Å². The van der Waals surface area contributed by atoms with Crippen molar-refractivity contribution in [1.82, 2.24) is 9.80 Å². The number of hydrogen-bond acceptors (Lipinski definition) is 3. The van der Waals surface area contributed by atoms with Gasteiger partial charge in [0.2, 0.25) is 5.91 Å². The molecule has 0 aliphatic carbocycles. The van der Waals surface area contributed by atoms with Gasteiger partial charge in [-0.25, -0.2) is 8.78 Å². The van der Waals surface area contributed by atoms with Gasteiger partial charge in [-0.3, -0.25) is 9.69 Å². The third-order valence-electron chi connectivity index (χ3n) is 3.91. The van der Waals surface area contributed by atoms with E-state index in [1.54, 1.807) is 13.0 Å². The second-order valence-corrected chi connectivity index (χ2v) is 5.82. The fraction of sp³-hybridized carbons (Fsp3) is 0.412. The van der Waals surface area contributed by atoms with Crippen molar-refractivity contribution in [2.45, 2.75) is 13.8 Å². The van der Waals surface area contributed by atoms with Crippen molar-refractivity contribution in [2.24, 2.45) is 0 Å². The quantitative estimate of drug-likeness (QED) is 0.866. The van der Waals surface area contributed by atoms with Crippen LogP contribution in [0.3, 0.4) is 0 Å². The molecule has 0 aromatic heterocycles. The highest BCUT2D eigenvalue weighted by atomic mass is 19.2. The third-order valence-corrected chi connectivity index (χ3v) is 3.91. The van der Waals surface area contributed by atoms with Crippen molar-refractivity contribution < 1.29 is 13.6 Å². The molecule has 124 valence electrons. The molecule has 6 heteroatoms. The van der Waals surface area contributed by atoms with Crippen molar-refractivity contribution in [3.63, 3.8) is 0 Å². The van der Waals surface area contributed by atoms with Gasteiger partial charge in [-0.2, -0.15) is 0 Å². The highest BCUT2D eigenvalue weighted by Gasteiger charge is 2.18. The zero-order valence-corrected chi connectivity index (χ0v) is 13.4. The van der Waals surface area contributed by atoms with Crippen LogP contribution in [-0.2, 0) is 4.79 Å². The first-order valence-corrected chi connectivity index (χ1v) is 7.56. The number of nitrogens with one attached hydrogen (secondary N) is 1. The Hall–Kier alpha value is -2.08. The lowest BCUT2D eigenvalue weighted by atomic mass is 10.1. The average Bonchev–Trinajstić information content (AvgIpc) is 2.50. The molecule has 0 bridgehead atoms. The van der Waals surface area contributed by atoms with Crippen LogP contribution in [0.4, 0.5) is 8.78 Å². The molecule has 0 atom stereocenters. The number of carbonyl (C=O) groups excluding carboxylic acids is 1. The summed E-state index contributed by atoms with van der Waals surface area (Å²) in [6, 6.07) is 3.46. The number of nitrogens with zero attached hydrogens (tertiary/aromatic N) is 2. The van der Waals surface area contributed by atoms with Crippen LogP contribution in [0.25, 0.3) is 0 Å². The van der Waals surface area contributed by atoms with E-state index in [-0.39, 0.29) is 11.6 Å². The maximum Gasteiger partial charge on any atom is 0.219 e. The molecule has 1 aromatic carbocycles. The van der Waals surface area contributed by atoms with E-state index in [1.807, 2.05) is 11.8 Å². The molecular weight excluding hydrogens is 300 g/mol. The summed E-state index contributed by atoms with van der Waals surface area (Å²) in [5, 5.41) is 8.00. The van der Waals surface area contributed by atoms with Gasteiger partial charge in [-0.05, 0) is 31.2 Å². The number of amides is 1. The number of allylic oxidation sites excluding steroid dienone is 1. The lowest BCUT2D eigenvalue weighted by Crippen LogP contribution is -2.48. The molecule has 23 heavy (non-hydrogen) atoms. The summed E-state index contributed by atoms with van der Waals surface area (Å²) in [5.41, 5.74) is 1.48. The van der Waals surface area contributed by atoms with Gasteiger partial charge in [0.1, 0.15) is 0 Å².